The monoisotopic (exact) mass is 460 g/mol. The van der Waals surface area contributed by atoms with Gasteiger partial charge in [-0.1, -0.05) is 40.9 Å². The van der Waals surface area contributed by atoms with Gasteiger partial charge in [0.25, 0.3) is 5.91 Å². The number of anilines is 1. The number of carbonyl (C=O) groups excluding carboxylic acids is 1. The molecule has 0 aliphatic rings. The fourth-order valence-corrected chi connectivity index (χ4v) is 3.05. The van der Waals surface area contributed by atoms with E-state index in [9.17, 15) is 20.0 Å². The van der Waals surface area contributed by atoms with E-state index in [0.29, 0.717) is 11.3 Å². The lowest BCUT2D eigenvalue weighted by molar-refractivity contribution is -0.112. The van der Waals surface area contributed by atoms with Crippen molar-refractivity contribution >= 4 is 58.4 Å². The third-order valence-corrected chi connectivity index (χ3v) is 5.11. The number of nitrogens with one attached hydrogen (secondary N) is 1. The van der Waals surface area contributed by atoms with Gasteiger partial charge in [-0.2, -0.15) is 5.26 Å². The van der Waals surface area contributed by atoms with Gasteiger partial charge in [-0.25, -0.2) is 4.79 Å². The second kappa shape index (κ2) is 9.06. The molecular formula is C21H11Cl3N2O4. The molecule has 9 heteroatoms. The van der Waals surface area contributed by atoms with Crippen LogP contribution >= 0.6 is 34.8 Å². The molecule has 150 valence electrons. The Morgan fingerprint density at radius 2 is 1.83 bits per heavy atom. The highest BCUT2D eigenvalue weighted by atomic mass is 35.5. The van der Waals surface area contributed by atoms with Crippen molar-refractivity contribution in [2.45, 2.75) is 0 Å². The van der Waals surface area contributed by atoms with Gasteiger partial charge in [0.15, 0.2) is 0 Å². The molecule has 0 saturated heterocycles. The number of halogens is 3. The maximum absolute atomic E-state index is 12.4. The molecule has 0 aliphatic carbocycles. The second-order valence-electron chi connectivity index (χ2n) is 5.93. The molecule has 2 aromatic carbocycles. The largest absolute Gasteiger partial charge is 0.478 e. The summed E-state index contributed by atoms with van der Waals surface area (Å²) in [6.07, 6.45) is 1.26. The highest BCUT2D eigenvalue weighted by molar-refractivity contribution is 6.44. The minimum absolute atomic E-state index is 0.0712. The molecule has 1 aromatic heterocycles. The van der Waals surface area contributed by atoms with Crippen LogP contribution in [0, 0.1) is 11.3 Å². The number of carboxylic acid groups (broad SMARTS) is 1. The van der Waals surface area contributed by atoms with Crippen LogP contribution in [0.4, 0.5) is 5.69 Å². The van der Waals surface area contributed by atoms with Crippen molar-refractivity contribution in [3.8, 4) is 17.4 Å². The Balaban J connectivity index is 1.86. The summed E-state index contributed by atoms with van der Waals surface area (Å²) < 4.78 is 5.63. The highest BCUT2D eigenvalue weighted by Gasteiger charge is 2.15. The van der Waals surface area contributed by atoms with E-state index in [4.69, 9.17) is 39.2 Å². The molecular weight excluding hydrogens is 451 g/mol. The Morgan fingerprint density at radius 1 is 1.07 bits per heavy atom. The van der Waals surface area contributed by atoms with Crippen molar-refractivity contribution in [3.05, 3.63) is 80.5 Å². The predicted molar refractivity (Wildman–Crippen MR) is 115 cm³/mol. The summed E-state index contributed by atoms with van der Waals surface area (Å²) >= 11 is 17.8. The fourth-order valence-electron chi connectivity index (χ4n) is 2.51. The molecule has 0 saturated carbocycles. The van der Waals surface area contributed by atoms with Crippen molar-refractivity contribution in [2.75, 3.05) is 5.32 Å². The van der Waals surface area contributed by atoms with Gasteiger partial charge in [0, 0.05) is 11.6 Å². The van der Waals surface area contributed by atoms with Crippen LogP contribution in [0.3, 0.4) is 0 Å². The molecule has 6 nitrogen and oxygen atoms in total. The number of benzene rings is 2. The number of nitrogens with zero attached hydrogens (tertiary/aromatic N) is 1. The molecule has 1 amide bonds. The zero-order chi connectivity index (χ0) is 21.8. The summed E-state index contributed by atoms with van der Waals surface area (Å²) in [4.78, 5) is 23.7. The number of amides is 1. The van der Waals surface area contributed by atoms with Crippen molar-refractivity contribution in [3.63, 3.8) is 0 Å². The molecule has 0 radical (unpaired) electrons. The average Bonchev–Trinajstić information content (AvgIpc) is 3.18. The van der Waals surface area contributed by atoms with E-state index >= 15 is 0 Å². The first-order valence-electron chi connectivity index (χ1n) is 8.30. The van der Waals surface area contributed by atoms with Gasteiger partial charge in [-0.05, 0) is 42.5 Å². The highest BCUT2D eigenvalue weighted by Crippen LogP contribution is 2.30. The smallest absolute Gasteiger partial charge is 0.337 e. The number of carbonyl (C=O) groups is 2. The lowest BCUT2D eigenvalue weighted by atomic mass is 10.1. The van der Waals surface area contributed by atoms with Crippen LogP contribution in [0.15, 0.2) is 58.5 Å². The van der Waals surface area contributed by atoms with Crippen molar-refractivity contribution in [1.29, 1.82) is 5.26 Å². The Kier molecular flexibility index (Phi) is 6.48. The summed E-state index contributed by atoms with van der Waals surface area (Å²) in [5.74, 6) is -1.30. The minimum Gasteiger partial charge on any atom is -0.478 e. The molecule has 0 atom stereocenters. The maximum atomic E-state index is 12.4. The first-order valence-corrected chi connectivity index (χ1v) is 9.43. The molecule has 0 fully saturated rings. The Hall–Kier alpha value is -3.24. The van der Waals surface area contributed by atoms with E-state index in [-0.39, 0.29) is 37.7 Å². The van der Waals surface area contributed by atoms with Crippen LogP contribution in [0.1, 0.15) is 16.1 Å². The van der Waals surface area contributed by atoms with Gasteiger partial charge in [0.1, 0.15) is 23.2 Å². The van der Waals surface area contributed by atoms with Crippen LogP contribution in [0.5, 0.6) is 0 Å². The van der Waals surface area contributed by atoms with E-state index in [2.05, 4.69) is 5.32 Å². The maximum Gasteiger partial charge on any atom is 0.337 e. The standard InChI is InChI=1S/C21H11Cl3N2O4/c22-15-6-4-11(9-14(15)21(28)29)18-7-5-13(30-18)8-12(10-25)20(27)26-17-3-1-2-16(23)19(17)24/h1-9H,(H,26,27)(H,28,29)/b12-8+. The van der Waals surface area contributed by atoms with Gasteiger partial charge >= 0.3 is 5.97 Å². The van der Waals surface area contributed by atoms with Gasteiger partial charge in [-0.15, -0.1) is 0 Å². The Labute approximate surface area is 185 Å². The molecule has 3 rings (SSSR count). The Morgan fingerprint density at radius 3 is 2.53 bits per heavy atom. The number of furan rings is 1. The molecule has 2 N–H and O–H groups in total. The van der Waals surface area contributed by atoms with Crippen molar-refractivity contribution < 1.29 is 19.1 Å². The summed E-state index contributed by atoms with van der Waals surface area (Å²) in [5.41, 5.74) is 0.440. The molecule has 0 unspecified atom stereocenters. The van der Waals surface area contributed by atoms with Gasteiger partial charge in [0.05, 0.1) is 26.3 Å². The summed E-state index contributed by atoms with van der Waals surface area (Å²) in [6.45, 7) is 0. The van der Waals surface area contributed by atoms with E-state index in [1.165, 1.54) is 18.2 Å². The molecule has 0 aliphatic heterocycles. The van der Waals surface area contributed by atoms with E-state index in [0.717, 1.165) is 0 Å². The van der Waals surface area contributed by atoms with Crippen molar-refractivity contribution in [1.82, 2.24) is 0 Å². The molecule has 0 bridgehead atoms. The number of hydrogen-bond donors (Lipinski definition) is 2. The SMILES string of the molecule is N#C/C(=C\c1ccc(-c2ccc(Cl)c(C(=O)O)c2)o1)C(=O)Nc1cccc(Cl)c1Cl. The number of rotatable bonds is 5. The lowest BCUT2D eigenvalue weighted by Crippen LogP contribution is -2.13. The molecule has 0 spiro atoms. The van der Waals surface area contributed by atoms with Crippen LogP contribution in [0.25, 0.3) is 17.4 Å². The summed E-state index contributed by atoms with van der Waals surface area (Å²) in [5, 5.41) is 21.6. The third kappa shape index (κ3) is 4.66. The summed E-state index contributed by atoms with van der Waals surface area (Å²) in [6, 6.07) is 14.1. The lowest BCUT2D eigenvalue weighted by Gasteiger charge is -2.07. The van der Waals surface area contributed by atoms with Crippen LogP contribution in [-0.2, 0) is 4.79 Å². The number of aromatic carboxylic acids is 1. The average molecular weight is 462 g/mol. The van der Waals surface area contributed by atoms with Crippen molar-refractivity contribution in [2.24, 2.45) is 0 Å². The van der Waals surface area contributed by atoms with E-state index < -0.39 is 11.9 Å². The molecule has 3 aromatic rings. The third-order valence-electron chi connectivity index (χ3n) is 3.96. The van der Waals surface area contributed by atoms with E-state index in [1.54, 1.807) is 42.5 Å². The van der Waals surface area contributed by atoms with Gasteiger partial charge < -0.3 is 14.8 Å². The Bertz CT molecular complexity index is 1230. The minimum atomic E-state index is -1.17. The predicted octanol–water partition coefficient (Wildman–Crippen LogP) is 6.15. The topological polar surface area (TPSA) is 103 Å². The van der Waals surface area contributed by atoms with Gasteiger partial charge in [-0.3, -0.25) is 4.79 Å². The number of carboxylic acids is 1. The van der Waals surface area contributed by atoms with Crippen LogP contribution in [0.2, 0.25) is 15.1 Å². The van der Waals surface area contributed by atoms with Gasteiger partial charge in [0.2, 0.25) is 0 Å². The quantitative estimate of drug-likeness (QED) is 0.350. The van der Waals surface area contributed by atoms with Crippen LogP contribution < -0.4 is 5.32 Å². The zero-order valence-electron chi connectivity index (χ0n) is 14.9. The first kappa shape index (κ1) is 21.5. The molecule has 30 heavy (non-hydrogen) atoms. The number of hydrogen-bond acceptors (Lipinski definition) is 4. The molecule has 1 heterocycles. The van der Waals surface area contributed by atoms with Crippen LogP contribution in [-0.4, -0.2) is 17.0 Å². The van der Waals surface area contributed by atoms with E-state index in [1.807, 2.05) is 0 Å². The normalized spacial score (nSPS) is 11.1. The summed E-state index contributed by atoms with van der Waals surface area (Å²) in [7, 11) is 0. The fraction of sp³-hybridized carbons (Fsp3) is 0. The second-order valence-corrected chi connectivity index (χ2v) is 7.12. The first-order chi connectivity index (χ1) is 14.3. The number of nitriles is 1. The zero-order valence-corrected chi connectivity index (χ0v) is 17.2.